The Bertz CT molecular complexity index is 602. The lowest BCUT2D eigenvalue weighted by Gasteiger charge is -2.03. The average Bonchev–Trinajstić information content (AvgIpc) is 2.94. The number of H-pyrrole nitrogens is 1. The molecule has 2 aromatic heterocycles. The third-order valence-corrected chi connectivity index (χ3v) is 2.57. The molecule has 0 spiro atoms. The lowest BCUT2D eigenvalue weighted by molar-refractivity contribution is 1.10. The van der Waals surface area contributed by atoms with Gasteiger partial charge in [0.15, 0.2) is 0 Å². The summed E-state index contributed by atoms with van der Waals surface area (Å²) in [7, 11) is 0. The highest BCUT2D eigenvalue weighted by molar-refractivity contribution is 5.70. The second-order valence-electron chi connectivity index (χ2n) is 3.68. The molecule has 0 bridgehead atoms. The second-order valence-corrected chi connectivity index (χ2v) is 3.68. The molecule has 4 heteroatoms. The van der Waals surface area contributed by atoms with Crippen LogP contribution < -0.4 is 0 Å². The van der Waals surface area contributed by atoms with E-state index in [4.69, 9.17) is 0 Å². The molecule has 82 valence electrons. The molecule has 3 aromatic rings. The molecule has 0 aliphatic heterocycles. The normalized spacial score (nSPS) is 10.4. The molecule has 3 rings (SSSR count). The van der Waals surface area contributed by atoms with Gasteiger partial charge in [0.2, 0.25) is 0 Å². The summed E-state index contributed by atoms with van der Waals surface area (Å²) in [5, 5.41) is 6.90. The number of nitrogens with zero attached hydrogens (tertiary/aromatic N) is 3. The smallest absolute Gasteiger partial charge is 0.115 e. The maximum absolute atomic E-state index is 4.02. The van der Waals surface area contributed by atoms with Gasteiger partial charge in [-0.1, -0.05) is 18.2 Å². The summed E-state index contributed by atoms with van der Waals surface area (Å²) in [6, 6.07) is 10.1. The summed E-state index contributed by atoms with van der Waals surface area (Å²) in [6.45, 7) is 0. The summed E-state index contributed by atoms with van der Waals surface area (Å²) < 4.78 is 0. The van der Waals surface area contributed by atoms with Crippen LogP contribution in [-0.4, -0.2) is 20.2 Å². The van der Waals surface area contributed by atoms with Crippen LogP contribution in [0, 0.1) is 0 Å². The van der Waals surface area contributed by atoms with E-state index in [0.29, 0.717) is 0 Å². The molecule has 0 radical (unpaired) electrons. The van der Waals surface area contributed by atoms with Gasteiger partial charge in [0.1, 0.15) is 6.33 Å². The fourth-order valence-electron chi connectivity index (χ4n) is 1.73. The zero-order valence-electron chi connectivity index (χ0n) is 9.04. The van der Waals surface area contributed by atoms with Crippen molar-refractivity contribution in [2.75, 3.05) is 0 Å². The van der Waals surface area contributed by atoms with Gasteiger partial charge in [-0.15, -0.1) is 0 Å². The zero-order chi connectivity index (χ0) is 11.5. The molecule has 17 heavy (non-hydrogen) atoms. The standard InChI is InChI=1S/C13H10N4/c1-2-10(12-7-14-9-15-8-12)6-11(3-1)13-4-5-16-17-13/h1-9H,(H,16,17). The van der Waals surface area contributed by atoms with Gasteiger partial charge in [0.05, 0.1) is 5.69 Å². The molecule has 2 heterocycles. The first kappa shape index (κ1) is 9.72. The Kier molecular flexibility index (Phi) is 2.38. The fourth-order valence-corrected chi connectivity index (χ4v) is 1.73. The minimum atomic E-state index is 1.00. The van der Waals surface area contributed by atoms with Crippen molar-refractivity contribution in [2.45, 2.75) is 0 Å². The number of aromatic nitrogens is 4. The van der Waals surface area contributed by atoms with E-state index in [2.05, 4.69) is 26.2 Å². The van der Waals surface area contributed by atoms with Crippen LogP contribution in [-0.2, 0) is 0 Å². The van der Waals surface area contributed by atoms with E-state index in [1.54, 1.807) is 18.6 Å². The van der Waals surface area contributed by atoms with Crippen molar-refractivity contribution in [1.82, 2.24) is 20.2 Å². The van der Waals surface area contributed by atoms with E-state index >= 15 is 0 Å². The molecule has 0 amide bonds. The Labute approximate surface area is 98.4 Å². The minimum absolute atomic E-state index is 1.00. The molecule has 1 N–H and O–H groups in total. The van der Waals surface area contributed by atoms with Gasteiger partial charge in [-0.3, -0.25) is 5.10 Å². The number of hydrogen-bond acceptors (Lipinski definition) is 3. The molecular weight excluding hydrogens is 212 g/mol. The fraction of sp³-hybridized carbons (Fsp3) is 0. The van der Waals surface area contributed by atoms with Gasteiger partial charge < -0.3 is 0 Å². The predicted octanol–water partition coefficient (Wildman–Crippen LogP) is 2.53. The van der Waals surface area contributed by atoms with Gasteiger partial charge in [-0.25, -0.2) is 9.97 Å². The SMILES string of the molecule is c1cc(-c2cncnc2)cc(-c2ccn[nH]2)c1. The third kappa shape index (κ3) is 1.92. The molecule has 1 aromatic carbocycles. The number of nitrogens with one attached hydrogen (secondary N) is 1. The number of aromatic amines is 1. The van der Waals surface area contributed by atoms with Crippen molar-refractivity contribution in [3.63, 3.8) is 0 Å². The average molecular weight is 222 g/mol. The second kappa shape index (κ2) is 4.17. The first-order chi connectivity index (χ1) is 8.43. The van der Waals surface area contributed by atoms with Crippen molar-refractivity contribution in [3.8, 4) is 22.4 Å². The lowest BCUT2D eigenvalue weighted by Crippen LogP contribution is -1.84. The van der Waals surface area contributed by atoms with E-state index in [1.807, 2.05) is 24.3 Å². The van der Waals surface area contributed by atoms with Crippen LogP contribution >= 0.6 is 0 Å². The summed E-state index contributed by atoms with van der Waals surface area (Å²) in [5.41, 5.74) is 4.21. The Morgan fingerprint density at radius 3 is 2.47 bits per heavy atom. The molecule has 0 atom stereocenters. The van der Waals surface area contributed by atoms with E-state index in [-0.39, 0.29) is 0 Å². The Morgan fingerprint density at radius 1 is 0.882 bits per heavy atom. The van der Waals surface area contributed by atoms with Crippen LogP contribution in [0.4, 0.5) is 0 Å². The van der Waals surface area contributed by atoms with Crippen LogP contribution in [0.15, 0.2) is 55.2 Å². The quantitative estimate of drug-likeness (QED) is 0.724. The van der Waals surface area contributed by atoms with Gasteiger partial charge >= 0.3 is 0 Å². The van der Waals surface area contributed by atoms with E-state index in [9.17, 15) is 0 Å². The first-order valence-corrected chi connectivity index (χ1v) is 5.29. The number of hydrogen-bond donors (Lipinski definition) is 1. The maximum atomic E-state index is 4.02. The highest BCUT2D eigenvalue weighted by atomic mass is 15.1. The third-order valence-electron chi connectivity index (χ3n) is 2.57. The highest BCUT2D eigenvalue weighted by Crippen LogP contribution is 2.23. The Balaban J connectivity index is 2.06. The molecule has 0 aliphatic rings. The molecule has 0 fully saturated rings. The van der Waals surface area contributed by atoms with Crippen molar-refractivity contribution >= 4 is 0 Å². The molecule has 0 saturated carbocycles. The summed E-state index contributed by atoms with van der Waals surface area (Å²) in [6.07, 6.45) is 6.88. The molecular formula is C13H10N4. The van der Waals surface area contributed by atoms with Crippen LogP contribution in [0.2, 0.25) is 0 Å². The van der Waals surface area contributed by atoms with E-state index < -0.39 is 0 Å². The summed E-state index contributed by atoms with van der Waals surface area (Å²) in [5.74, 6) is 0. The molecule has 0 unspecified atom stereocenters. The molecule has 0 aliphatic carbocycles. The van der Waals surface area contributed by atoms with Crippen LogP contribution in [0.25, 0.3) is 22.4 Å². The van der Waals surface area contributed by atoms with E-state index in [1.165, 1.54) is 6.33 Å². The van der Waals surface area contributed by atoms with Crippen molar-refractivity contribution in [3.05, 3.63) is 55.2 Å². The summed E-state index contributed by atoms with van der Waals surface area (Å²) in [4.78, 5) is 8.04. The Hall–Kier alpha value is -2.49. The Morgan fingerprint density at radius 2 is 1.71 bits per heavy atom. The summed E-state index contributed by atoms with van der Waals surface area (Å²) >= 11 is 0. The zero-order valence-corrected chi connectivity index (χ0v) is 9.04. The number of benzene rings is 1. The van der Waals surface area contributed by atoms with Crippen LogP contribution in [0.3, 0.4) is 0 Å². The molecule has 4 nitrogen and oxygen atoms in total. The topological polar surface area (TPSA) is 54.5 Å². The highest BCUT2D eigenvalue weighted by Gasteiger charge is 2.02. The first-order valence-electron chi connectivity index (χ1n) is 5.29. The van der Waals surface area contributed by atoms with Gasteiger partial charge in [-0.2, -0.15) is 5.10 Å². The monoisotopic (exact) mass is 222 g/mol. The lowest BCUT2D eigenvalue weighted by atomic mass is 10.0. The van der Waals surface area contributed by atoms with Crippen LogP contribution in [0.1, 0.15) is 0 Å². The maximum Gasteiger partial charge on any atom is 0.115 e. The van der Waals surface area contributed by atoms with Crippen molar-refractivity contribution in [2.24, 2.45) is 0 Å². The largest absolute Gasteiger partial charge is 0.278 e. The van der Waals surface area contributed by atoms with Gasteiger partial charge in [0.25, 0.3) is 0 Å². The van der Waals surface area contributed by atoms with Crippen molar-refractivity contribution < 1.29 is 0 Å². The van der Waals surface area contributed by atoms with Crippen LogP contribution in [0.5, 0.6) is 0 Å². The molecule has 0 saturated heterocycles. The van der Waals surface area contributed by atoms with Crippen molar-refractivity contribution in [1.29, 1.82) is 0 Å². The predicted molar refractivity (Wildman–Crippen MR) is 65.0 cm³/mol. The number of rotatable bonds is 2. The van der Waals surface area contributed by atoms with E-state index in [0.717, 1.165) is 22.4 Å². The van der Waals surface area contributed by atoms with Gasteiger partial charge in [0, 0.05) is 29.7 Å². The minimum Gasteiger partial charge on any atom is -0.278 e. The van der Waals surface area contributed by atoms with Gasteiger partial charge in [-0.05, 0) is 17.7 Å².